The van der Waals surface area contributed by atoms with Crippen molar-refractivity contribution >= 4 is 29.1 Å². The maximum absolute atomic E-state index is 5.72. The Hall–Kier alpha value is -3.13. The number of nitrogens with one attached hydrogen (secondary N) is 1. The normalized spacial score (nSPS) is 10.3. The second kappa shape index (κ2) is 8.50. The van der Waals surface area contributed by atoms with Gasteiger partial charge in [-0.15, -0.1) is 0 Å². The minimum absolute atomic E-state index is 0.463. The Kier molecular flexibility index (Phi) is 5.87. The monoisotopic (exact) mass is 384 g/mol. The SMILES string of the molecule is COc1cc(Nc2nccc(Sc3ccc(N)cc3)n2)cc(OC)c1OC. The third-order valence-electron chi connectivity index (χ3n) is 3.65. The van der Waals surface area contributed by atoms with Gasteiger partial charge in [-0.2, -0.15) is 0 Å². The molecule has 2 aromatic carbocycles. The highest BCUT2D eigenvalue weighted by Crippen LogP contribution is 2.40. The number of ether oxygens (including phenoxy) is 3. The molecule has 3 aromatic rings. The van der Waals surface area contributed by atoms with Crippen LogP contribution in [0.5, 0.6) is 17.2 Å². The molecule has 0 saturated carbocycles. The highest BCUT2D eigenvalue weighted by atomic mass is 32.2. The van der Waals surface area contributed by atoms with Crippen LogP contribution in [0.3, 0.4) is 0 Å². The predicted molar refractivity (Wildman–Crippen MR) is 106 cm³/mol. The van der Waals surface area contributed by atoms with Crippen LogP contribution in [0.4, 0.5) is 17.3 Å². The van der Waals surface area contributed by atoms with Gasteiger partial charge in [0.05, 0.1) is 21.3 Å². The van der Waals surface area contributed by atoms with Gasteiger partial charge in [-0.3, -0.25) is 0 Å². The second-order valence-corrected chi connectivity index (χ2v) is 6.52. The minimum Gasteiger partial charge on any atom is -0.493 e. The first kappa shape index (κ1) is 18.7. The van der Waals surface area contributed by atoms with Gasteiger partial charge in [-0.25, -0.2) is 9.97 Å². The van der Waals surface area contributed by atoms with Crippen molar-refractivity contribution in [1.82, 2.24) is 9.97 Å². The third-order valence-corrected chi connectivity index (χ3v) is 4.60. The minimum atomic E-state index is 0.463. The molecule has 140 valence electrons. The summed E-state index contributed by atoms with van der Waals surface area (Å²) in [5, 5.41) is 3.98. The van der Waals surface area contributed by atoms with Crippen LogP contribution >= 0.6 is 11.8 Å². The number of nitrogens with zero attached hydrogens (tertiary/aromatic N) is 2. The van der Waals surface area contributed by atoms with Crippen LogP contribution in [-0.4, -0.2) is 31.3 Å². The average Bonchev–Trinajstić information content (AvgIpc) is 2.69. The molecule has 0 radical (unpaired) electrons. The molecule has 0 aliphatic heterocycles. The second-order valence-electron chi connectivity index (χ2n) is 5.43. The van der Waals surface area contributed by atoms with E-state index in [2.05, 4.69) is 15.3 Å². The summed E-state index contributed by atoms with van der Waals surface area (Å²) in [4.78, 5) is 9.85. The highest BCUT2D eigenvalue weighted by Gasteiger charge is 2.14. The number of methoxy groups -OCH3 is 3. The first-order valence-electron chi connectivity index (χ1n) is 8.06. The van der Waals surface area contributed by atoms with E-state index in [0.717, 1.165) is 21.3 Å². The lowest BCUT2D eigenvalue weighted by atomic mass is 10.2. The van der Waals surface area contributed by atoms with Crippen molar-refractivity contribution in [3.05, 3.63) is 48.7 Å². The number of benzene rings is 2. The van der Waals surface area contributed by atoms with E-state index in [1.54, 1.807) is 39.7 Å². The summed E-state index contributed by atoms with van der Waals surface area (Å²) < 4.78 is 16.1. The van der Waals surface area contributed by atoms with Crippen LogP contribution in [0, 0.1) is 0 Å². The van der Waals surface area contributed by atoms with Crippen LogP contribution < -0.4 is 25.3 Å². The van der Waals surface area contributed by atoms with Gasteiger partial charge in [-0.05, 0) is 30.3 Å². The van der Waals surface area contributed by atoms with Gasteiger partial charge in [0.15, 0.2) is 11.5 Å². The van der Waals surface area contributed by atoms with Crippen molar-refractivity contribution in [1.29, 1.82) is 0 Å². The zero-order chi connectivity index (χ0) is 19.2. The van der Waals surface area contributed by atoms with Gasteiger partial charge in [0.2, 0.25) is 11.7 Å². The largest absolute Gasteiger partial charge is 0.493 e. The molecule has 0 unspecified atom stereocenters. The number of anilines is 3. The summed E-state index contributed by atoms with van der Waals surface area (Å²) in [6, 6.07) is 13.1. The van der Waals surface area contributed by atoms with Crippen molar-refractivity contribution in [2.45, 2.75) is 9.92 Å². The van der Waals surface area contributed by atoms with E-state index in [0.29, 0.717) is 23.2 Å². The van der Waals surface area contributed by atoms with E-state index < -0.39 is 0 Å². The average molecular weight is 384 g/mol. The van der Waals surface area contributed by atoms with E-state index in [1.165, 1.54) is 11.8 Å². The number of aromatic nitrogens is 2. The Morgan fingerprint density at radius 3 is 2.19 bits per heavy atom. The molecular weight excluding hydrogens is 364 g/mol. The molecule has 0 aliphatic carbocycles. The Morgan fingerprint density at radius 2 is 1.59 bits per heavy atom. The fraction of sp³-hybridized carbons (Fsp3) is 0.158. The van der Waals surface area contributed by atoms with E-state index in [9.17, 15) is 0 Å². The molecule has 0 amide bonds. The topological polar surface area (TPSA) is 91.5 Å². The van der Waals surface area contributed by atoms with E-state index in [-0.39, 0.29) is 0 Å². The van der Waals surface area contributed by atoms with E-state index >= 15 is 0 Å². The van der Waals surface area contributed by atoms with Crippen LogP contribution in [0.25, 0.3) is 0 Å². The van der Waals surface area contributed by atoms with Crippen LogP contribution in [0.1, 0.15) is 0 Å². The lowest BCUT2D eigenvalue weighted by molar-refractivity contribution is 0.324. The standard InChI is InChI=1S/C19H20N4O3S/c1-24-15-10-13(11-16(25-2)18(15)26-3)22-19-21-9-8-17(23-19)27-14-6-4-12(20)5-7-14/h4-11H,20H2,1-3H3,(H,21,22,23). The van der Waals surface area contributed by atoms with Crippen LogP contribution in [0.2, 0.25) is 0 Å². The molecule has 1 heterocycles. The van der Waals surface area contributed by atoms with Gasteiger partial charge in [0, 0.05) is 34.6 Å². The van der Waals surface area contributed by atoms with Crippen LogP contribution in [-0.2, 0) is 0 Å². The van der Waals surface area contributed by atoms with Crippen LogP contribution in [0.15, 0.2) is 58.6 Å². The highest BCUT2D eigenvalue weighted by molar-refractivity contribution is 7.99. The third kappa shape index (κ3) is 4.53. The summed E-state index contributed by atoms with van der Waals surface area (Å²) in [6.45, 7) is 0. The molecule has 1 aromatic heterocycles. The molecule has 0 bridgehead atoms. The summed E-state index contributed by atoms with van der Waals surface area (Å²) in [5.74, 6) is 2.09. The Bertz CT molecular complexity index is 894. The van der Waals surface area contributed by atoms with Crippen molar-refractivity contribution in [3.63, 3.8) is 0 Å². The molecule has 0 aliphatic rings. The molecule has 7 nitrogen and oxygen atoms in total. The number of nitrogen functional groups attached to an aromatic ring is 1. The molecule has 0 fully saturated rings. The Balaban J connectivity index is 1.82. The summed E-state index contributed by atoms with van der Waals surface area (Å²) in [7, 11) is 4.71. The maximum atomic E-state index is 5.72. The number of rotatable bonds is 7. The molecule has 3 rings (SSSR count). The lowest BCUT2D eigenvalue weighted by Crippen LogP contribution is -2.00. The lowest BCUT2D eigenvalue weighted by Gasteiger charge is -2.14. The number of hydrogen-bond donors (Lipinski definition) is 2. The smallest absolute Gasteiger partial charge is 0.228 e. The predicted octanol–water partition coefficient (Wildman–Crippen LogP) is 3.98. The number of hydrogen-bond acceptors (Lipinski definition) is 8. The summed E-state index contributed by atoms with van der Waals surface area (Å²) in [6.07, 6.45) is 1.70. The van der Waals surface area contributed by atoms with Crippen molar-refractivity contribution in [2.24, 2.45) is 0 Å². The van der Waals surface area contributed by atoms with Gasteiger partial charge in [0.1, 0.15) is 5.03 Å². The summed E-state index contributed by atoms with van der Waals surface area (Å²) >= 11 is 1.53. The molecule has 0 spiro atoms. The summed E-state index contributed by atoms with van der Waals surface area (Å²) in [5.41, 5.74) is 7.17. The fourth-order valence-corrected chi connectivity index (χ4v) is 3.17. The van der Waals surface area contributed by atoms with Gasteiger partial charge in [-0.1, -0.05) is 11.8 Å². The quantitative estimate of drug-likeness (QED) is 0.467. The zero-order valence-corrected chi connectivity index (χ0v) is 16.0. The zero-order valence-electron chi connectivity index (χ0n) is 15.2. The molecule has 27 heavy (non-hydrogen) atoms. The van der Waals surface area contributed by atoms with Gasteiger partial charge in [0.25, 0.3) is 0 Å². The first-order chi connectivity index (χ1) is 13.1. The molecule has 0 atom stereocenters. The first-order valence-corrected chi connectivity index (χ1v) is 8.88. The van der Waals surface area contributed by atoms with Gasteiger partial charge < -0.3 is 25.3 Å². The van der Waals surface area contributed by atoms with Crippen molar-refractivity contribution in [2.75, 3.05) is 32.4 Å². The fourth-order valence-electron chi connectivity index (χ4n) is 2.40. The molecule has 0 saturated heterocycles. The van der Waals surface area contributed by atoms with E-state index in [1.807, 2.05) is 30.3 Å². The molecular formula is C19H20N4O3S. The Labute approximate surface area is 161 Å². The van der Waals surface area contributed by atoms with E-state index in [4.69, 9.17) is 19.9 Å². The van der Waals surface area contributed by atoms with Crippen molar-refractivity contribution < 1.29 is 14.2 Å². The Morgan fingerprint density at radius 1 is 0.926 bits per heavy atom. The molecule has 8 heteroatoms. The molecule has 3 N–H and O–H groups in total. The van der Waals surface area contributed by atoms with Crippen molar-refractivity contribution in [3.8, 4) is 17.2 Å². The number of nitrogens with two attached hydrogens (primary N) is 1. The maximum Gasteiger partial charge on any atom is 0.228 e. The van der Waals surface area contributed by atoms with Gasteiger partial charge >= 0.3 is 0 Å².